The lowest BCUT2D eigenvalue weighted by Crippen LogP contribution is -2.31. The van der Waals surface area contributed by atoms with Gasteiger partial charge in [-0.2, -0.15) is 0 Å². The van der Waals surface area contributed by atoms with E-state index in [2.05, 4.69) is 34.2 Å². The Morgan fingerprint density at radius 1 is 1.25 bits per heavy atom. The van der Waals surface area contributed by atoms with E-state index in [-0.39, 0.29) is 12.3 Å². The highest BCUT2D eigenvalue weighted by Crippen LogP contribution is 2.22. The Morgan fingerprint density at radius 2 is 1.88 bits per heavy atom. The van der Waals surface area contributed by atoms with Crippen molar-refractivity contribution in [2.45, 2.75) is 19.3 Å². The van der Waals surface area contributed by atoms with Crippen LogP contribution in [-0.4, -0.2) is 27.1 Å². The third-order valence-electron chi connectivity index (χ3n) is 2.49. The maximum atomic E-state index is 5.12. The van der Waals surface area contributed by atoms with E-state index in [0.717, 1.165) is 4.47 Å². The average molecular weight is 288 g/mol. The highest BCUT2D eigenvalue weighted by atomic mass is 79.9. The highest BCUT2D eigenvalue weighted by molar-refractivity contribution is 9.10. The number of hydrogen-bond acceptors (Lipinski definition) is 3. The summed E-state index contributed by atoms with van der Waals surface area (Å²) in [6.45, 7) is 2.78. The lowest BCUT2D eigenvalue weighted by molar-refractivity contribution is -0.0997. The van der Waals surface area contributed by atoms with Gasteiger partial charge in [0.05, 0.1) is 0 Å². The molecule has 1 rings (SSSR count). The van der Waals surface area contributed by atoms with Crippen LogP contribution in [-0.2, 0) is 9.47 Å². The van der Waals surface area contributed by atoms with Crippen LogP contribution in [0.25, 0.3) is 0 Å². The van der Waals surface area contributed by atoms with Crippen LogP contribution in [0.1, 0.15) is 18.5 Å². The lowest BCUT2D eigenvalue weighted by atomic mass is 10.1. The Kier molecular flexibility index (Phi) is 5.98. The Hall–Kier alpha value is -0.420. The minimum Gasteiger partial charge on any atom is -0.355 e. The molecule has 0 radical (unpaired) electrons. The number of rotatable bonds is 6. The average Bonchev–Trinajstić information content (AvgIpc) is 2.30. The van der Waals surface area contributed by atoms with E-state index in [9.17, 15) is 0 Å². The van der Waals surface area contributed by atoms with Gasteiger partial charge in [0.1, 0.15) is 0 Å². The summed E-state index contributed by atoms with van der Waals surface area (Å²) in [4.78, 5) is 0. The van der Waals surface area contributed by atoms with Crippen LogP contribution in [0.15, 0.2) is 28.7 Å². The van der Waals surface area contributed by atoms with Gasteiger partial charge in [-0.15, -0.1) is 0 Å². The first kappa shape index (κ1) is 13.6. The molecular weight excluding hydrogens is 270 g/mol. The summed E-state index contributed by atoms with van der Waals surface area (Å²) in [6, 6.07) is 8.42. The monoisotopic (exact) mass is 287 g/mol. The smallest absolute Gasteiger partial charge is 0.169 e. The second kappa shape index (κ2) is 7.01. The van der Waals surface area contributed by atoms with Crippen molar-refractivity contribution >= 4 is 15.9 Å². The van der Waals surface area contributed by atoms with Crippen molar-refractivity contribution in [1.29, 1.82) is 0 Å². The fraction of sp³-hybridized carbons (Fsp3) is 0.500. The van der Waals surface area contributed by atoms with Crippen molar-refractivity contribution in [2.75, 3.05) is 20.8 Å². The van der Waals surface area contributed by atoms with Crippen LogP contribution in [0.3, 0.4) is 0 Å². The van der Waals surface area contributed by atoms with Gasteiger partial charge in [0.25, 0.3) is 0 Å². The molecule has 1 unspecified atom stereocenters. The molecular formula is C12H18BrNO2. The normalized spacial score (nSPS) is 13.1. The van der Waals surface area contributed by atoms with E-state index in [1.54, 1.807) is 14.2 Å². The van der Waals surface area contributed by atoms with E-state index in [1.807, 2.05) is 18.2 Å². The van der Waals surface area contributed by atoms with Crippen molar-refractivity contribution in [3.63, 3.8) is 0 Å². The molecule has 1 atom stereocenters. The molecule has 0 spiro atoms. The summed E-state index contributed by atoms with van der Waals surface area (Å²) in [5, 5.41) is 3.36. The van der Waals surface area contributed by atoms with Crippen LogP contribution >= 0.6 is 15.9 Å². The van der Waals surface area contributed by atoms with Gasteiger partial charge in [0.2, 0.25) is 0 Å². The van der Waals surface area contributed by atoms with Crippen LogP contribution in [0.2, 0.25) is 0 Å². The molecule has 90 valence electrons. The molecule has 0 saturated carbocycles. The molecule has 0 aromatic heterocycles. The Balaban J connectivity index is 2.52. The number of hydrogen-bond donors (Lipinski definition) is 1. The highest BCUT2D eigenvalue weighted by Gasteiger charge is 2.11. The molecule has 0 bridgehead atoms. The summed E-state index contributed by atoms with van der Waals surface area (Å²) >= 11 is 3.54. The third kappa shape index (κ3) is 3.87. The van der Waals surface area contributed by atoms with Gasteiger partial charge in [-0.3, -0.25) is 0 Å². The number of methoxy groups -OCH3 is 2. The van der Waals surface area contributed by atoms with Gasteiger partial charge in [-0.1, -0.05) is 34.1 Å². The molecule has 1 N–H and O–H groups in total. The first-order valence-corrected chi connectivity index (χ1v) is 6.01. The Bertz CT molecular complexity index is 316. The second-order valence-corrected chi connectivity index (χ2v) is 4.41. The molecule has 0 fully saturated rings. The van der Waals surface area contributed by atoms with Gasteiger partial charge >= 0.3 is 0 Å². The molecule has 0 aliphatic carbocycles. The van der Waals surface area contributed by atoms with Crippen LogP contribution < -0.4 is 5.32 Å². The molecule has 3 nitrogen and oxygen atoms in total. The molecule has 1 aromatic rings. The predicted molar refractivity (Wildman–Crippen MR) is 68.4 cm³/mol. The first-order valence-electron chi connectivity index (χ1n) is 5.22. The minimum atomic E-state index is -0.204. The first-order chi connectivity index (χ1) is 7.69. The van der Waals surface area contributed by atoms with Crippen LogP contribution in [0.5, 0.6) is 0 Å². The Morgan fingerprint density at radius 3 is 2.44 bits per heavy atom. The predicted octanol–water partition coefficient (Wildman–Crippen LogP) is 2.72. The zero-order valence-electron chi connectivity index (χ0n) is 9.87. The topological polar surface area (TPSA) is 30.5 Å². The standard InChI is InChI=1S/C12H18BrNO2/c1-9(14-8-12(15-2)16-3)10-6-4-5-7-11(10)13/h4-7,9,12,14H,8H2,1-3H3. The maximum Gasteiger partial charge on any atom is 0.169 e. The molecule has 0 aliphatic heterocycles. The number of nitrogens with one attached hydrogen (secondary N) is 1. The molecule has 0 amide bonds. The number of halogens is 1. The minimum absolute atomic E-state index is 0.204. The SMILES string of the molecule is COC(CNC(C)c1ccccc1Br)OC. The number of ether oxygens (including phenoxy) is 2. The fourth-order valence-electron chi connectivity index (χ4n) is 1.47. The van der Waals surface area contributed by atoms with Gasteiger partial charge < -0.3 is 14.8 Å². The van der Waals surface area contributed by atoms with Crippen molar-refractivity contribution in [1.82, 2.24) is 5.32 Å². The van der Waals surface area contributed by atoms with E-state index in [0.29, 0.717) is 6.54 Å². The van der Waals surface area contributed by atoms with E-state index >= 15 is 0 Å². The van der Waals surface area contributed by atoms with Crippen molar-refractivity contribution in [2.24, 2.45) is 0 Å². The van der Waals surface area contributed by atoms with Crippen LogP contribution in [0, 0.1) is 0 Å². The molecule has 0 aliphatic rings. The molecule has 0 saturated heterocycles. The quantitative estimate of drug-likeness (QED) is 0.816. The summed E-state index contributed by atoms with van der Waals surface area (Å²) < 4.78 is 11.4. The zero-order chi connectivity index (χ0) is 12.0. The molecule has 4 heteroatoms. The van der Waals surface area contributed by atoms with Gasteiger partial charge in [0.15, 0.2) is 6.29 Å². The van der Waals surface area contributed by atoms with Crippen molar-refractivity contribution < 1.29 is 9.47 Å². The van der Waals surface area contributed by atoms with Gasteiger partial charge in [0, 0.05) is 31.3 Å². The van der Waals surface area contributed by atoms with Crippen LogP contribution in [0.4, 0.5) is 0 Å². The van der Waals surface area contributed by atoms with Gasteiger partial charge in [-0.25, -0.2) is 0 Å². The molecule has 0 heterocycles. The summed E-state index contributed by atoms with van der Waals surface area (Å²) in [6.07, 6.45) is -0.204. The van der Waals surface area contributed by atoms with Crippen molar-refractivity contribution in [3.05, 3.63) is 34.3 Å². The van der Waals surface area contributed by atoms with E-state index in [4.69, 9.17) is 9.47 Å². The fourth-order valence-corrected chi connectivity index (χ4v) is 2.10. The summed E-state index contributed by atoms with van der Waals surface area (Å²) in [7, 11) is 3.28. The molecule has 16 heavy (non-hydrogen) atoms. The second-order valence-electron chi connectivity index (χ2n) is 3.55. The van der Waals surface area contributed by atoms with Gasteiger partial charge in [-0.05, 0) is 18.6 Å². The zero-order valence-corrected chi connectivity index (χ0v) is 11.5. The Labute approximate surface area is 105 Å². The maximum absolute atomic E-state index is 5.12. The van der Waals surface area contributed by atoms with Crippen molar-refractivity contribution in [3.8, 4) is 0 Å². The third-order valence-corrected chi connectivity index (χ3v) is 3.21. The lowest BCUT2D eigenvalue weighted by Gasteiger charge is -2.19. The summed E-state index contributed by atoms with van der Waals surface area (Å²) in [5.41, 5.74) is 1.23. The number of benzene rings is 1. The molecule has 1 aromatic carbocycles. The largest absolute Gasteiger partial charge is 0.355 e. The van der Waals surface area contributed by atoms with E-state index < -0.39 is 0 Å². The summed E-state index contributed by atoms with van der Waals surface area (Å²) in [5.74, 6) is 0. The van der Waals surface area contributed by atoms with E-state index in [1.165, 1.54) is 5.56 Å².